The molecule has 0 aliphatic carbocycles. The van der Waals surface area contributed by atoms with E-state index in [0.717, 1.165) is 0 Å². The lowest BCUT2D eigenvalue weighted by atomic mass is 9.88. The summed E-state index contributed by atoms with van der Waals surface area (Å²) in [6.07, 6.45) is -0.899. The predicted octanol–water partition coefficient (Wildman–Crippen LogP) is 1.26. The molecule has 20 heavy (non-hydrogen) atoms. The molecule has 106 valence electrons. The van der Waals surface area contributed by atoms with E-state index in [0.29, 0.717) is 5.56 Å². The van der Waals surface area contributed by atoms with Crippen LogP contribution in [0.15, 0.2) is 35.3 Å². The van der Waals surface area contributed by atoms with Crippen molar-refractivity contribution < 1.29 is 23.8 Å². The Morgan fingerprint density at radius 2 is 1.70 bits per heavy atom. The number of nitrogens with zero attached hydrogens (tertiary/aromatic N) is 1. The van der Waals surface area contributed by atoms with Gasteiger partial charge in [-0.3, -0.25) is 0 Å². The zero-order valence-electron chi connectivity index (χ0n) is 11.5. The van der Waals surface area contributed by atoms with Gasteiger partial charge in [0.05, 0.1) is 14.2 Å². The summed E-state index contributed by atoms with van der Waals surface area (Å²) in [5.74, 6) is -1.39. The van der Waals surface area contributed by atoms with Crippen molar-refractivity contribution in [1.29, 1.82) is 0 Å². The van der Waals surface area contributed by atoms with E-state index < -0.39 is 23.6 Å². The standard InChI is InChI=1S/C14H15NO5/c1-9-15-14(12(16)18-2,13(17)19-3)11(20-9)10-7-5-4-6-8-10/h4-8,11H,1-3H3. The molecule has 0 fully saturated rings. The van der Waals surface area contributed by atoms with Crippen LogP contribution < -0.4 is 0 Å². The second-order valence-electron chi connectivity index (χ2n) is 4.29. The minimum absolute atomic E-state index is 0.231. The lowest BCUT2D eigenvalue weighted by Gasteiger charge is -2.26. The summed E-state index contributed by atoms with van der Waals surface area (Å²) in [4.78, 5) is 28.4. The maximum Gasteiger partial charge on any atom is 0.350 e. The molecule has 6 nitrogen and oxygen atoms in total. The summed E-state index contributed by atoms with van der Waals surface area (Å²) in [5, 5.41) is 0. The van der Waals surface area contributed by atoms with E-state index in [-0.39, 0.29) is 5.90 Å². The summed E-state index contributed by atoms with van der Waals surface area (Å²) < 4.78 is 15.0. The third-order valence-electron chi connectivity index (χ3n) is 3.10. The Balaban J connectivity index is 2.56. The van der Waals surface area contributed by atoms with Crippen molar-refractivity contribution >= 4 is 17.8 Å². The highest BCUT2D eigenvalue weighted by molar-refractivity contribution is 6.09. The van der Waals surface area contributed by atoms with Crippen LogP contribution in [0.25, 0.3) is 0 Å². The van der Waals surface area contributed by atoms with Gasteiger partial charge in [-0.1, -0.05) is 30.3 Å². The third kappa shape index (κ3) is 2.03. The van der Waals surface area contributed by atoms with Gasteiger partial charge in [-0.15, -0.1) is 0 Å². The average molecular weight is 277 g/mol. The second kappa shape index (κ2) is 5.32. The van der Waals surface area contributed by atoms with Crippen LogP contribution in [0.5, 0.6) is 0 Å². The molecule has 1 aliphatic heterocycles. The van der Waals surface area contributed by atoms with Gasteiger partial charge in [-0.05, 0) is 5.56 Å². The van der Waals surface area contributed by atoms with E-state index in [1.165, 1.54) is 14.2 Å². The van der Waals surface area contributed by atoms with Crippen molar-refractivity contribution in [2.24, 2.45) is 4.99 Å². The molecule has 1 aliphatic rings. The van der Waals surface area contributed by atoms with Crippen molar-refractivity contribution in [1.82, 2.24) is 0 Å². The number of carbonyl (C=O) groups is 2. The zero-order chi connectivity index (χ0) is 14.8. The molecular formula is C14H15NO5. The molecule has 1 aromatic rings. The van der Waals surface area contributed by atoms with E-state index >= 15 is 0 Å². The van der Waals surface area contributed by atoms with Crippen LogP contribution in [0, 0.1) is 0 Å². The molecule has 0 spiro atoms. The molecule has 0 saturated heterocycles. The van der Waals surface area contributed by atoms with Crippen LogP contribution in [0.2, 0.25) is 0 Å². The highest BCUT2D eigenvalue weighted by atomic mass is 16.6. The number of hydrogen-bond acceptors (Lipinski definition) is 6. The van der Waals surface area contributed by atoms with Crippen molar-refractivity contribution in [2.75, 3.05) is 14.2 Å². The minimum atomic E-state index is -1.85. The smallest absolute Gasteiger partial charge is 0.350 e. The molecule has 0 N–H and O–H groups in total. The fourth-order valence-corrected chi connectivity index (χ4v) is 2.23. The van der Waals surface area contributed by atoms with E-state index in [4.69, 9.17) is 14.2 Å². The predicted molar refractivity (Wildman–Crippen MR) is 70.1 cm³/mol. The van der Waals surface area contributed by atoms with Gasteiger partial charge >= 0.3 is 11.9 Å². The Bertz CT molecular complexity index is 536. The molecular weight excluding hydrogens is 262 g/mol. The monoisotopic (exact) mass is 277 g/mol. The Hall–Kier alpha value is -2.37. The van der Waals surface area contributed by atoms with Crippen molar-refractivity contribution in [3.05, 3.63) is 35.9 Å². The first-order valence-electron chi connectivity index (χ1n) is 6.01. The SMILES string of the molecule is COC(=O)C1(C(=O)OC)N=C(C)OC1c1ccccc1. The molecule has 1 aromatic carbocycles. The molecule has 1 atom stereocenters. The quantitative estimate of drug-likeness (QED) is 0.614. The van der Waals surface area contributed by atoms with Gasteiger partial charge in [0.2, 0.25) is 0 Å². The average Bonchev–Trinajstić information content (AvgIpc) is 2.85. The normalized spacial score (nSPS) is 19.8. The summed E-state index contributed by atoms with van der Waals surface area (Å²) >= 11 is 0. The van der Waals surface area contributed by atoms with E-state index in [1.54, 1.807) is 31.2 Å². The van der Waals surface area contributed by atoms with Crippen LogP contribution >= 0.6 is 0 Å². The van der Waals surface area contributed by atoms with Crippen LogP contribution in [-0.2, 0) is 23.8 Å². The summed E-state index contributed by atoms with van der Waals surface area (Å²) in [6.45, 7) is 1.57. The van der Waals surface area contributed by atoms with Gasteiger partial charge in [0.1, 0.15) is 0 Å². The summed E-state index contributed by atoms with van der Waals surface area (Å²) in [6, 6.07) is 8.89. The number of hydrogen-bond donors (Lipinski definition) is 0. The van der Waals surface area contributed by atoms with Crippen LogP contribution in [0.1, 0.15) is 18.6 Å². The van der Waals surface area contributed by atoms with Gasteiger partial charge in [-0.2, -0.15) is 0 Å². The number of esters is 2. The van der Waals surface area contributed by atoms with Gasteiger partial charge in [0.25, 0.3) is 5.54 Å². The van der Waals surface area contributed by atoms with Crippen LogP contribution in [0.3, 0.4) is 0 Å². The molecule has 0 radical (unpaired) electrons. The fraction of sp³-hybridized carbons (Fsp3) is 0.357. The highest BCUT2D eigenvalue weighted by Crippen LogP contribution is 2.40. The lowest BCUT2D eigenvalue weighted by Crippen LogP contribution is -2.49. The molecule has 0 amide bonds. The van der Waals surface area contributed by atoms with E-state index in [1.807, 2.05) is 6.07 Å². The maximum atomic E-state index is 12.2. The van der Waals surface area contributed by atoms with Gasteiger partial charge < -0.3 is 14.2 Å². The van der Waals surface area contributed by atoms with E-state index in [2.05, 4.69) is 4.99 Å². The highest BCUT2D eigenvalue weighted by Gasteiger charge is 2.60. The number of methoxy groups -OCH3 is 2. The number of rotatable bonds is 3. The maximum absolute atomic E-state index is 12.2. The first-order valence-corrected chi connectivity index (χ1v) is 6.01. The number of aliphatic imine (C=N–C) groups is 1. The molecule has 6 heteroatoms. The second-order valence-corrected chi connectivity index (χ2v) is 4.29. The molecule has 0 aromatic heterocycles. The number of benzene rings is 1. The lowest BCUT2D eigenvalue weighted by molar-refractivity contribution is -0.164. The van der Waals surface area contributed by atoms with Gasteiger partial charge in [0, 0.05) is 6.92 Å². The first-order chi connectivity index (χ1) is 9.56. The van der Waals surface area contributed by atoms with Gasteiger partial charge in [-0.25, -0.2) is 14.6 Å². The topological polar surface area (TPSA) is 74.2 Å². The van der Waals surface area contributed by atoms with Crippen molar-refractivity contribution in [3.8, 4) is 0 Å². The number of ether oxygens (including phenoxy) is 3. The Labute approximate surface area is 116 Å². The number of carbonyl (C=O) groups excluding carboxylic acids is 2. The molecule has 0 bridgehead atoms. The summed E-state index contributed by atoms with van der Waals surface area (Å²) in [7, 11) is 2.39. The van der Waals surface area contributed by atoms with Crippen LogP contribution in [-0.4, -0.2) is 37.6 Å². The Kier molecular flexibility index (Phi) is 3.74. The fourth-order valence-electron chi connectivity index (χ4n) is 2.23. The Morgan fingerprint density at radius 3 is 2.20 bits per heavy atom. The first kappa shape index (κ1) is 14.0. The molecule has 1 unspecified atom stereocenters. The molecule has 0 saturated carbocycles. The van der Waals surface area contributed by atoms with E-state index in [9.17, 15) is 9.59 Å². The Morgan fingerprint density at radius 1 is 1.15 bits per heavy atom. The van der Waals surface area contributed by atoms with Crippen molar-refractivity contribution in [3.63, 3.8) is 0 Å². The third-order valence-corrected chi connectivity index (χ3v) is 3.10. The molecule has 2 rings (SSSR count). The van der Waals surface area contributed by atoms with Gasteiger partial charge in [0.15, 0.2) is 12.0 Å². The van der Waals surface area contributed by atoms with Crippen LogP contribution in [0.4, 0.5) is 0 Å². The molecule has 1 heterocycles. The minimum Gasteiger partial charge on any atom is -0.469 e. The van der Waals surface area contributed by atoms with Crippen molar-refractivity contribution in [2.45, 2.75) is 18.6 Å². The zero-order valence-corrected chi connectivity index (χ0v) is 11.5. The largest absolute Gasteiger partial charge is 0.469 e. The summed E-state index contributed by atoms with van der Waals surface area (Å²) in [5.41, 5.74) is -1.21.